The van der Waals surface area contributed by atoms with Gasteiger partial charge in [-0.1, -0.05) is 0 Å². The number of fused-ring (bicyclic) bond motifs is 1. The van der Waals surface area contributed by atoms with Gasteiger partial charge in [0.15, 0.2) is 0 Å². The van der Waals surface area contributed by atoms with E-state index < -0.39 is 16.4 Å². The molecule has 0 radical (unpaired) electrons. The number of nitrogens with one attached hydrogen (secondary N) is 3. The van der Waals surface area contributed by atoms with Gasteiger partial charge in [-0.2, -0.15) is 0 Å². The number of nitrogens with zero attached hydrogens (tertiary/aromatic N) is 1. The number of piperidine rings is 1. The fourth-order valence-corrected chi connectivity index (χ4v) is 3.03. The van der Waals surface area contributed by atoms with Gasteiger partial charge in [0.1, 0.15) is 0 Å². The largest absolute Gasteiger partial charge is 0.348 e. The van der Waals surface area contributed by atoms with Crippen LogP contribution in [0.1, 0.15) is 30.1 Å². The number of aromatic nitrogens is 1. The second kappa shape index (κ2) is 6.40. The summed E-state index contributed by atoms with van der Waals surface area (Å²) < 4.78 is 0. The van der Waals surface area contributed by atoms with E-state index in [2.05, 4.69) is 15.6 Å². The van der Waals surface area contributed by atoms with Gasteiger partial charge in [-0.05, 0) is 32.4 Å². The molecule has 1 aromatic heterocycles. The third-order valence-electron chi connectivity index (χ3n) is 4.36. The van der Waals surface area contributed by atoms with E-state index >= 15 is 0 Å². The lowest BCUT2D eigenvalue weighted by molar-refractivity contribution is -0.384. The molecule has 2 heterocycles. The van der Waals surface area contributed by atoms with E-state index in [0.29, 0.717) is 10.9 Å². The summed E-state index contributed by atoms with van der Waals surface area (Å²) in [6.45, 7) is 2.90. The summed E-state index contributed by atoms with van der Waals surface area (Å²) in [7, 11) is 0. The molecule has 1 aliphatic heterocycles. The second-order valence-electron chi connectivity index (χ2n) is 6.00. The van der Waals surface area contributed by atoms with E-state index in [4.69, 9.17) is 0 Å². The zero-order chi connectivity index (χ0) is 17.3. The Bertz CT molecular complexity index is 861. The Hall–Kier alpha value is -2.74. The molecule has 1 fully saturated rings. The van der Waals surface area contributed by atoms with Crippen LogP contribution < -0.4 is 16.2 Å². The summed E-state index contributed by atoms with van der Waals surface area (Å²) in [5.41, 5.74) is -0.00379. The van der Waals surface area contributed by atoms with Crippen molar-refractivity contribution in [3.63, 3.8) is 0 Å². The first kappa shape index (κ1) is 16.1. The molecular weight excluding hydrogens is 312 g/mol. The lowest BCUT2D eigenvalue weighted by Gasteiger charge is -2.30. The van der Waals surface area contributed by atoms with Gasteiger partial charge in [-0.25, -0.2) is 0 Å². The average molecular weight is 330 g/mol. The highest BCUT2D eigenvalue weighted by molar-refractivity contribution is 6.06. The Morgan fingerprint density at radius 3 is 2.88 bits per heavy atom. The minimum atomic E-state index is -0.528. The first-order chi connectivity index (χ1) is 11.5. The molecule has 1 saturated heterocycles. The van der Waals surface area contributed by atoms with Gasteiger partial charge in [0.25, 0.3) is 11.6 Å². The fraction of sp³-hybridized carbons (Fsp3) is 0.375. The van der Waals surface area contributed by atoms with E-state index in [1.54, 1.807) is 0 Å². The van der Waals surface area contributed by atoms with E-state index in [-0.39, 0.29) is 23.3 Å². The van der Waals surface area contributed by atoms with Crippen LogP contribution in [0.4, 0.5) is 5.69 Å². The number of carbonyl (C=O) groups is 1. The number of H-pyrrole nitrogens is 1. The Labute approximate surface area is 137 Å². The SMILES string of the molecule is CC1NCCCC1NC(=O)c1cc(=O)[nH]c2ccc([N+](=O)[O-])cc12. The normalized spacial score (nSPS) is 20.7. The molecular formula is C16H18N4O4. The molecule has 2 atom stereocenters. The summed E-state index contributed by atoms with van der Waals surface area (Å²) >= 11 is 0. The van der Waals surface area contributed by atoms with Crippen LogP contribution in [0.5, 0.6) is 0 Å². The lowest BCUT2D eigenvalue weighted by atomic mass is 9.99. The second-order valence-corrected chi connectivity index (χ2v) is 6.00. The van der Waals surface area contributed by atoms with Crippen molar-refractivity contribution in [2.45, 2.75) is 31.8 Å². The number of nitro benzene ring substituents is 1. The van der Waals surface area contributed by atoms with Gasteiger partial charge in [0.05, 0.1) is 10.5 Å². The molecule has 1 aromatic carbocycles. The quantitative estimate of drug-likeness (QED) is 0.579. The van der Waals surface area contributed by atoms with Crippen LogP contribution in [0.2, 0.25) is 0 Å². The number of nitro groups is 1. The molecule has 126 valence electrons. The van der Waals surface area contributed by atoms with Gasteiger partial charge in [0, 0.05) is 41.2 Å². The highest BCUT2D eigenvalue weighted by atomic mass is 16.6. The summed E-state index contributed by atoms with van der Waals surface area (Å²) in [4.78, 5) is 37.5. The highest BCUT2D eigenvalue weighted by Crippen LogP contribution is 2.22. The van der Waals surface area contributed by atoms with Crippen LogP contribution >= 0.6 is 0 Å². The Morgan fingerprint density at radius 2 is 2.17 bits per heavy atom. The number of benzene rings is 1. The third-order valence-corrected chi connectivity index (χ3v) is 4.36. The van der Waals surface area contributed by atoms with E-state index in [9.17, 15) is 19.7 Å². The number of amides is 1. The van der Waals surface area contributed by atoms with Crippen LogP contribution in [0.15, 0.2) is 29.1 Å². The minimum Gasteiger partial charge on any atom is -0.348 e. The molecule has 0 saturated carbocycles. The van der Waals surface area contributed by atoms with E-state index in [1.165, 1.54) is 24.3 Å². The molecule has 1 aliphatic rings. The van der Waals surface area contributed by atoms with Gasteiger partial charge < -0.3 is 15.6 Å². The Morgan fingerprint density at radius 1 is 1.38 bits per heavy atom. The van der Waals surface area contributed by atoms with Gasteiger partial charge in [-0.15, -0.1) is 0 Å². The Kier molecular flexibility index (Phi) is 4.30. The summed E-state index contributed by atoms with van der Waals surface area (Å²) in [6, 6.07) is 5.32. The average Bonchev–Trinajstić information content (AvgIpc) is 2.55. The van der Waals surface area contributed by atoms with Gasteiger partial charge >= 0.3 is 0 Å². The molecule has 3 N–H and O–H groups in total. The maximum absolute atomic E-state index is 12.6. The van der Waals surface area contributed by atoms with Crippen molar-refractivity contribution in [3.8, 4) is 0 Å². The molecule has 0 aliphatic carbocycles. The smallest absolute Gasteiger partial charge is 0.270 e. The first-order valence-corrected chi connectivity index (χ1v) is 7.81. The number of rotatable bonds is 3. The lowest BCUT2D eigenvalue weighted by Crippen LogP contribution is -2.52. The zero-order valence-corrected chi connectivity index (χ0v) is 13.2. The Balaban J connectivity index is 2.00. The number of hydrogen-bond donors (Lipinski definition) is 3. The van der Waals surface area contributed by atoms with Crippen molar-refractivity contribution in [3.05, 3.63) is 50.3 Å². The number of non-ortho nitro benzene ring substituents is 1. The van der Waals surface area contributed by atoms with E-state index in [0.717, 1.165) is 19.4 Å². The van der Waals surface area contributed by atoms with Gasteiger partial charge in [-0.3, -0.25) is 19.7 Å². The van der Waals surface area contributed by atoms with Crippen LogP contribution in [0, 0.1) is 10.1 Å². The van der Waals surface area contributed by atoms with E-state index in [1.807, 2.05) is 6.92 Å². The highest BCUT2D eigenvalue weighted by Gasteiger charge is 2.24. The number of hydrogen-bond acceptors (Lipinski definition) is 5. The van der Waals surface area contributed by atoms with Crippen molar-refractivity contribution < 1.29 is 9.72 Å². The standard InChI is InChI=1S/C16H18N4O4/c1-9-13(3-2-6-17-9)19-16(22)12-8-15(21)18-14-5-4-10(20(23)24)7-11(12)14/h4-5,7-9,13,17H,2-3,6H2,1H3,(H,18,21)(H,19,22). The molecule has 24 heavy (non-hydrogen) atoms. The molecule has 2 unspecified atom stereocenters. The molecule has 0 spiro atoms. The molecule has 3 rings (SSSR count). The third kappa shape index (κ3) is 3.13. The number of carbonyl (C=O) groups excluding carboxylic acids is 1. The maximum atomic E-state index is 12.6. The van der Waals surface area contributed by atoms with Crippen molar-refractivity contribution in [1.29, 1.82) is 0 Å². The first-order valence-electron chi connectivity index (χ1n) is 7.81. The fourth-order valence-electron chi connectivity index (χ4n) is 3.03. The van der Waals surface area contributed by atoms with Crippen LogP contribution in [0.25, 0.3) is 10.9 Å². The van der Waals surface area contributed by atoms with Crippen LogP contribution in [0.3, 0.4) is 0 Å². The van der Waals surface area contributed by atoms with Crippen molar-refractivity contribution in [2.24, 2.45) is 0 Å². The molecule has 8 nitrogen and oxygen atoms in total. The molecule has 1 amide bonds. The summed E-state index contributed by atoms with van der Waals surface area (Å²) in [5, 5.41) is 17.6. The maximum Gasteiger partial charge on any atom is 0.270 e. The van der Waals surface area contributed by atoms with Crippen LogP contribution in [-0.4, -0.2) is 34.4 Å². The molecule has 2 aromatic rings. The van der Waals surface area contributed by atoms with Crippen molar-refractivity contribution >= 4 is 22.5 Å². The number of pyridine rings is 1. The summed E-state index contributed by atoms with van der Waals surface area (Å²) in [5.74, 6) is -0.396. The summed E-state index contributed by atoms with van der Waals surface area (Å²) in [6.07, 6.45) is 1.80. The molecule has 8 heteroatoms. The predicted molar refractivity (Wildman–Crippen MR) is 89.2 cm³/mol. The zero-order valence-electron chi connectivity index (χ0n) is 13.2. The minimum absolute atomic E-state index is 0.0423. The molecule has 0 bridgehead atoms. The van der Waals surface area contributed by atoms with Crippen molar-refractivity contribution in [2.75, 3.05) is 6.54 Å². The van der Waals surface area contributed by atoms with Crippen LogP contribution in [-0.2, 0) is 0 Å². The topological polar surface area (TPSA) is 117 Å². The van der Waals surface area contributed by atoms with Crippen molar-refractivity contribution in [1.82, 2.24) is 15.6 Å². The van der Waals surface area contributed by atoms with Gasteiger partial charge in [0.2, 0.25) is 5.56 Å². The number of aromatic amines is 1. The monoisotopic (exact) mass is 330 g/mol. The predicted octanol–water partition coefficient (Wildman–Crippen LogP) is 1.31.